The van der Waals surface area contributed by atoms with Gasteiger partial charge in [-0.3, -0.25) is 4.98 Å². The average Bonchev–Trinajstić information content (AvgIpc) is 3.37. The number of hydrogen-bond acceptors (Lipinski definition) is 6. The molecule has 5 aromatic rings. The lowest BCUT2D eigenvalue weighted by Crippen LogP contribution is -2.31. The van der Waals surface area contributed by atoms with Crippen molar-refractivity contribution in [3.05, 3.63) is 101 Å². The molecule has 12 heteroatoms. The fraction of sp³-hybridized carbons (Fsp3) is 0.200. The maximum absolute atomic E-state index is 13.9. The van der Waals surface area contributed by atoms with Gasteiger partial charge in [-0.2, -0.15) is 8.78 Å². The highest BCUT2D eigenvalue weighted by Gasteiger charge is 2.38. The summed E-state index contributed by atoms with van der Waals surface area (Å²) in [6, 6.07) is 14.8. The van der Waals surface area contributed by atoms with Crippen LogP contribution in [0.2, 0.25) is 5.02 Å². The fourth-order valence-corrected chi connectivity index (χ4v) is 5.82. The van der Waals surface area contributed by atoms with Crippen molar-refractivity contribution in [2.45, 2.75) is 18.4 Å². The molecular weight excluding hydrogens is 584 g/mol. The molecule has 0 bridgehead atoms. The monoisotopic (exact) mass is 611 g/mol. The number of aliphatic hydroxyl groups is 1. The first-order chi connectivity index (χ1) is 19.7. The summed E-state index contributed by atoms with van der Waals surface area (Å²) in [5.41, 5.74) is 0.966. The number of halogens is 3. The number of ether oxygens (including phenoxy) is 1. The van der Waals surface area contributed by atoms with Crippen LogP contribution < -0.4 is 9.46 Å². The zero-order chi connectivity index (χ0) is 30.4. The third kappa shape index (κ3) is 5.42. The summed E-state index contributed by atoms with van der Waals surface area (Å²) in [7, 11) is 0.668. The van der Waals surface area contributed by atoms with Crippen molar-refractivity contribution in [3.63, 3.8) is 0 Å². The highest BCUT2D eigenvalue weighted by Crippen LogP contribution is 2.43. The number of fused-ring (bicyclic) bond motifs is 1. The zero-order valence-corrected chi connectivity index (χ0v) is 24.8. The van der Waals surface area contributed by atoms with Crippen molar-refractivity contribution < 1.29 is 22.8 Å². The van der Waals surface area contributed by atoms with Crippen molar-refractivity contribution in [2.24, 2.45) is 7.05 Å². The molecule has 218 valence electrons. The Labute approximate surface area is 247 Å². The Morgan fingerprint density at radius 2 is 1.86 bits per heavy atom. The van der Waals surface area contributed by atoms with Crippen molar-refractivity contribution in [3.8, 4) is 17.0 Å². The van der Waals surface area contributed by atoms with Crippen molar-refractivity contribution in [1.82, 2.24) is 19.5 Å². The first kappa shape index (κ1) is 29.4. The van der Waals surface area contributed by atoms with E-state index in [0.717, 1.165) is 6.92 Å². The molecule has 3 aromatic heterocycles. The SMILES string of the molecule is C=S(C)(=O)Nc1cccc(-c2c(OC)nc3ccc(C(O)(c4ccc(C(C)(F)F)nc4)c4cncn4C)cc3c2Cl)c1. The second-order valence-corrected chi connectivity index (χ2v) is 12.7. The van der Waals surface area contributed by atoms with E-state index >= 15 is 0 Å². The van der Waals surface area contributed by atoms with Gasteiger partial charge in [-0.25, -0.2) is 14.2 Å². The maximum atomic E-state index is 13.9. The van der Waals surface area contributed by atoms with E-state index in [1.807, 2.05) is 6.07 Å². The molecule has 42 heavy (non-hydrogen) atoms. The van der Waals surface area contributed by atoms with Crippen molar-refractivity contribution >= 4 is 43.8 Å². The van der Waals surface area contributed by atoms with Gasteiger partial charge in [0.2, 0.25) is 5.88 Å². The Balaban J connectivity index is 1.73. The molecule has 0 radical (unpaired) electrons. The van der Waals surface area contributed by atoms with Gasteiger partial charge < -0.3 is 19.1 Å². The third-order valence-electron chi connectivity index (χ3n) is 6.80. The summed E-state index contributed by atoms with van der Waals surface area (Å²) in [6.45, 7) is 0.762. The molecule has 0 amide bonds. The lowest BCUT2D eigenvalue weighted by molar-refractivity contribution is 0.0125. The molecule has 2 unspecified atom stereocenters. The van der Waals surface area contributed by atoms with Crippen molar-refractivity contribution in [1.29, 1.82) is 0 Å². The van der Waals surface area contributed by atoms with E-state index in [0.29, 0.717) is 44.0 Å². The van der Waals surface area contributed by atoms with Crippen LogP contribution in [-0.4, -0.2) is 48.1 Å². The van der Waals surface area contributed by atoms with Crippen LogP contribution in [0.25, 0.3) is 22.0 Å². The number of aryl methyl sites for hydroxylation is 1. The minimum absolute atomic E-state index is 0.256. The summed E-state index contributed by atoms with van der Waals surface area (Å²) < 4.78 is 50.2. The van der Waals surface area contributed by atoms with Crippen LogP contribution in [0, 0.1) is 0 Å². The van der Waals surface area contributed by atoms with Crippen LogP contribution in [0.5, 0.6) is 5.88 Å². The largest absolute Gasteiger partial charge is 0.480 e. The minimum Gasteiger partial charge on any atom is -0.480 e. The van der Waals surface area contributed by atoms with E-state index in [1.54, 1.807) is 48.0 Å². The Morgan fingerprint density at radius 1 is 1.12 bits per heavy atom. The Hall–Kier alpha value is -4.06. The van der Waals surface area contributed by atoms with E-state index < -0.39 is 26.9 Å². The Bertz CT molecular complexity index is 1910. The molecule has 0 aliphatic rings. The highest BCUT2D eigenvalue weighted by atomic mass is 35.5. The molecule has 2 N–H and O–H groups in total. The number of benzene rings is 2. The number of alkyl halides is 2. The van der Waals surface area contributed by atoms with E-state index in [2.05, 4.69) is 25.5 Å². The van der Waals surface area contributed by atoms with Gasteiger partial charge in [-0.1, -0.05) is 35.9 Å². The molecule has 3 heterocycles. The molecule has 2 aromatic carbocycles. The van der Waals surface area contributed by atoms with Crippen LogP contribution in [0.4, 0.5) is 14.5 Å². The van der Waals surface area contributed by atoms with Gasteiger partial charge >= 0.3 is 0 Å². The average molecular weight is 612 g/mol. The number of nitrogens with one attached hydrogen (secondary N) is 1. The van der Waals surface area contributed by atoms with Crippen LogP contribution in [0.1, 0.15) is 29.4 Å². The van der Waals surface area contributed by atoms with Crippen LogP contribution in [0.15, 0.2) is 73.3 Å². The summed E-state index contributed by atoms with van der Waals surface area (Å²) in [4.78, 5) is 12.8. The number of nitrogens with zero attached hydrogens (tertiary/aromatic N) is 4. The first-order valence-corrected chi connectivity index (χ1v) is 15.2. The molecule has 0 saturated carbocycles. The van der Waals surface area contributed by atoms with Gasteiger partial charge in [0.25, 0.3) is 5.92 Å². The van der Waals surface area contributed by atoms with Gasteiger partial charge in [0.1, 0.15) is 5.69 Å². The van der Waals surface area contributed by atoms with Gasteiger partial charge in [-0.05, 0) is 47.3 Å². The van der Waals surface area contributed by atoms with Gasteiger partial charge in [0.15, 0.2) is 5.60 Å². The van der Waals surface area contributed by atoms with Crippen molar-refractivity contribution in [2.75, 3.05) is 18.1 Å². The molecule has 0 saturated heterocycles. The van der Waals surface area contributed by atoms with E-state index in [1.165, 1.54) is 44.2 Å². The zero-order valence-electron chi connectivity index (χ0n) is 23.2. The maximum Gasteiger partial charge on any atom is 0.286 e. The van der Waals surface area contributed by atoms with Crippen LogP contribution in [-0.2, 0) is 28.3 Å². The minimum atomic E-state index is -3.14. The van der Waals surface area contributed by atoms with Crippen LogP contribution in [0.3, 0.4) is 0 Å². The Kier molecular flexibility index (Phi) is 7.46. The lowest BCUT2D eigenvalue weighted by atomic mass is 9.83. The fourth-order valence-electron chi connectivity index (χ4n) is 4.85. The van der Waals surface area contributed by atoms with E-state index in [-0.39, 0.29) is 11.4 Å². The number of anilines is 1. The molecule has 5 rings (SSSR count). The smallest absolute Gasteiger partial charge is 0.286 e. The molecule has 0 fully saturated rings. The normalized spacial score (nSPS) is 14.8. The van der Waals surface area contributed by atoms with Gasteiger partial charge in [0, 0.05) is 52.8 Å². The molecule has 0 spiro atoms. The summed E-state index contributed by atoms with van der Waals surface area (Å²) >= 11 is 7.04. The number of rotatable bonds is 8. The molecule has 0 aliphatic heterocycles. The van der Waals surface area contributed by atoms with Crippen LogP contribution >= 0.6 is 11.6 Å². The van der Waals surface area contributed by atoms with E-state index in [4.69, 9.17) is 16.3 Å². The third-order valence-corrected chi connectivity index (χ3v) is 7.86. The number of hydrogen-bond donors (Lipinski definition) is 2. The number of methoxy groups -OCH3 is 1. The summed E-state index contributed by atoms with van der Waals surface area (Å²) in [6.07, 6.45) is 5.75. The van der Waals surface area contributed by atoms with E-state index in [9.17, 15) is 18.1 Å². The standard InChI is InChI=1S/C30H28ClF2N5O3S/c1-29(32,33)24-12-10-20(15-35-24)30(39,25-16-34-17-38(25)2)19-9-11-23-22(14-19)27(31)26(28(36-23)41-3)18-7-6-8-21(13-18)37-42(4,5)40/h6-17,39H,4H2,1-3,5H3,(H,37,40). The predicted octanol–water partition coefficient (Wildman–Crippen LogP) is 5.76. The molecule has 8 nitrogen and oxygen atoms in total. The Morgan fingerprint density at radius 3 is 2.45 bits per heavy atom. The lowest BCUT2D eigenvalue weighted by Gasteiger charge is -2.30. The predicted molar refractivity (Wildman–Crippen MR) is 163 cm³/mol. The molecular formula is C30H28ClF2N5O3S. The topological polar surface area (TPSA) is 102 Å². The number of aromatic nitrogens is 4. The van der Waals surface area contributed by atoms with Gasteiger partial charge in [-0.15, -0.1) is 0 Å². The van der Waals surface area contributed by atoms with Gasteiger partial charge in [0.05, 0.1) is 41.4 Å². The highest BCUT2D eigenvalue weighted by molar-refractivity contribution is 8.00. The quantitative estimate of drug-likeness (QED) is 0.216. The first-order valence-electron chi connectivity index (χ1n) is 12.6. The second-order valence-electron chi connectivity index (χ2n) is 10.2. The molecule has 2 atom stereocenters. The second kappa shape index (κ2) is 10.6. The number of imidazole rings is 1. The summed E-state index contributed by atoms with van der Waals surface area (Å²) in [5.74, 6) is 0.770. The summed E-state index contributed by atoms with van der Waals surface area (Å²) in [5, 5.41) is 13.2. The molecule has 0 aliphatic carbocycles. The number of pyridine rings is 2.